The predicted molar refractivity (Wildman–Crippen MR) is 347 cm³/mol. The molecule has 0 bridgehead atoms. The lowest BCUT2D eigenvalue weighted by Crippen LogP contribution is -2.45. The molecular weight excluding hydrogens is 971 g/mol. The van der Waals surface area contributed by atoms with Crippen molar-refractivity contribution in [2.45, 2.75) is 418 Å². The first-order chi connectivity index (χ1) is 39.0. The Labute approximate surface area is 494 Å². The van der Waals surface area contributed by atoms with E-state index in [0.717, 1.165) is 51.4 Å². The summed E-state index contributed by atoms with van der Waals surface area (Å²) in [6.45, 7) is 4.97. The van der Waals surface area contributed by atoms with E-state index in [2.05, 4.69) is 43.5 Å². The van der Waals surface area contributed by atoms with E-state index in [1.165, 1.54) is 321 Å². The highest BCUT2D eigenvalue weighted by molar-refractivity contribution is 5.76. The van der Waals surface area contributed by atoms with E-state index in [9.17, 15) is 19.8 Å². The van der Waals surface area contributed by atoms with Gasteiger partial charge in [-0.2, -0.15) is 0 Å². The number of unbranched alkanes of at least 4 members (excludes halogenated alkanes) is 53. The van der Waals surface area contributed by atoms with Crippen LogP contribution < -0.4 is 5.32 Å². The maximum atomic E-state index is 12.5. The molecule has 3 N–H and O–H groups in total. The molecule has 0 radical (unpaired) electrons. The van der Waals surface area contributed by atoms with Gasteiger partial charge in [0.25, 0.3) is 0 Å². The largest absolute Gasteiger partial charge is 0.466 e. The zero-order valence-electron chi connectivity index (χ0n) is 53.6. The highest BCUT2D eigenvalue weighted by Gasteiger charge is 2.20. The fraction of sp³-hybridized carbons (Fsp3) is 0.918. The molecule has 468 valence electrons. The molecule has 0 aromatic carbocycles. The summed E-state index contributed by atoms with van der Waals surface area (Å²) in [7, 11) is 0. The first-order valence-corrected chi connectivity index (χ1v) is 36.1. The highest BCUT2D eigenvalue weighted by atomic mass is 16.5. The van der Waals surface area contributed by atoms with E-state index in [0.29, 0.717) is 25.9 Å². The van der Waals surface area contributed by atoms with Crippen LogP contribution in [0.1, 0.15) is 406 Å². The molecule has 0 spiro atoms. The van der Waals surface area contributed by atoms with Crippen LogP contribution in [0, 0.1) is 0 Å². The van der Waals surface area contributed by atoms with E-state index in [-0.39, 0.29) is 18.5 Å². The van der Waals surface area contributed by atoms with E-state index >= 15 is 0 Å². The van der Waals surface area contributed by atoms with Crippen molar-refractivity contribution < 1.29 is 24.5 Å². The minimum absolute atomic E-state index is 0.0140. The molecule has 2 atom stereocenters. The first kappa shape index (κ1) is 77.3. The van der Waals surface area contributed by atoms with Crippen molar-refractivity contribution in [1.82, 2.24) is 5.32 Å². The van der Waals surface area contributed by atoms with Gasteiger partial charge in [-0.1, -0.05) is 359 Å². The molecule has 6 nitrogen and oxygen atoms in total. The van der Waals surface area contributed by atoms with Crippen LogP contribution >= 0.6 is 0 Å². The van der Waals surface area contributed by atoms with Crippen LogP contribution in [0.5, 0.6) is 0 Å². The Morgan fingerprint density at radius 1 is 0.354 bits per heavy atom. The summed E-state index contributed by atoms with van der Waals surface area (Å²) in [5, 5.41) is 23.3. The van der Waals surface area contributed by atoms with E-state index in [4.69, 9.17) is 4.74 Å². The summed E-state index contributed by atoms with van der Waals surface area (Å²) < 4.78 is 5.51. The number of aliphatic hydroxyl groups excluding tert-OH is 2. The molecule has 6 heteroatoms. The second kappa shape index (κ2) is 68.8. The number of rotatable bonds is 68. The van der Waals surface area contributed by atoms with Gasteiger partial charge in [0.05, 0.1) is 25.4 Å². The number of carbonyl (C=O) groups excluding carboxylic acids is 2. The second-order valence-corrected chi connectivity index (χ2v) is 24.9. The number of carbonyl (C=O) groups is 2. The average Bonchev–Trinajstić information content (AvgIpc) is 3.45. The Morgan fingerprint density at radius 2 is 0.633 bits per heavy atom. The number of hydrogen-bond acceptors (Lipinski definition) is 5. The van der Waals surface area contributed by atoms with Crippen molar-refractivity contribution >= 4 is 11.9 Å². The molecule has 0 saturated heterocycles. The molecular formula is C73H141NO5. The monoisotopic (exact) mass is 1110 g/mol. The molecule has 0 aliphatic heterocycles. The second-order valence-electron chi connectivity index (χ2n) is 24.9. The lowest BCUT2D eigenvalue weighted by atomic mass is 10.0. The quantitative estimate of drug-likeness (QED) is 0.0320. The van der Waals surface area contributed by atoms with Crippen molar-refractivity contribution in [3.05, 3.63) is 24.3 Å². The summed E-state index contributed by atoms with van der Waals surface area (Å²) >= 11 is 0. The number of esters is 1. The van der Waals surface area contributed by atoms with Crippen molar-refractivity contribution in [2.75, 3.05) is 13.2 Å². The predicted octanol–water partition coefficient (Wildman–Crippen LogP) is 23.3. The Hall–Kier alpha value is -1.66. The van der Waals surface area contributed by atoms with Crippen LogP contribution in [0.15, 0.2) is 24.3 Å². The van der Waals surface area contributed by atoms with Crippen molar-refractivity contribution in [3.8, 4) is 0 Å². The highest BCUT2D eigenvalue weighted by Crippen LogP contribution is 2.19. The van der Waals surface area contributed by atoms with Gasteiger partial charge < -0.3 is 20.3 Å². The van der Waals surface area contributed by atoms with Gasteiger partial charge >= 0.3 is 5.97 Å². The molecule has 0 aromatic heterocycles. The van der Waals surface area contributed by atoms with E-state index in [1.807, 2.05) is 0 Å². The maximum absolute atomic E-state index is 12.5. The lowest BCUT2D eigenvalue weighted by molar-refractivity contribution is -0.143. The molecule has 0 fully saturated rings. The molecule has 0 aliphatic rings. The van der Waals surface area contributed by atoms with Gasteiger partial charge in [0.15, 0.2) is 0 Å². The Balaban J connectivity index is 3.31. The van der Waals surface area contributed by atoms with Crippen LogP contribution in [0.4, 0.5) is 0 Å². The van der Waals surface area contributed by atoms with Gasteiger partial charge in [0, 0.05) is 12.8 Å². The summed E-state index contributed by atoms with van der Waals surface area (Å²) in [4.78, 5) is 24.6. The summed E-state index contributed by atoms with van der Waals surface area (Å²) in [6, 6.07) is -0.537. The van der Waals surface area contributed by atoms with Gasteiger partial charge in [-0.15, -0.1) is 0 Å². The Kier molecular flexibility index (Phi) is 67.4. The molecule has 0 aromatic rings. The zero-order chi connectivity index (χ0) is 57.1. The summed E-state index contributed by atoms with van der Waals surface area (Å²) in [5.74, 6) is -0.0146. The Morgan fingerprint density at radius 3 is 0.975 bits per heavy atom. The minimum atomic E-state index is -0.660. The number of aliphatic hydroxyl groups is 2. The normalized spacial score (nSPS) is 12.6. The van der Waals surface area contributed by atoms with Gasteiger partial charge in [-0.25, -0.2) is 0 Å². The molecule has 2 unspecified atom stereocenters. The maximum Gasteiger partial charge on any atom is 0.305 e. The standard InChI is InChI=1S/C73H141NO5/c1-3-5-7-9-11-13-15-17-18-19-36-39-43-47-51-55-59-63-67-73(78)79-68-64-60-56-52-48-44-40-37-34-32-30-28-26-24-22-20-21-23-25-27-29-31-33-35-38-42-46-50-54-58-62-66-72(77)74-70(69-75)71(76)65-61-57-53-49-45-41-16-14-12-10-8-6-4-2/h13,15,18-19,70-71,75-76H,3-12,14,16-17,20-69H2,1-2H3,(H,74,77)/b15-13-,19-18-. The fourth-order valence-electron chi connectivity index (χ4n) is 11.5. The molecule has 79 heavy (non-hydrogen) atoms. The molecule has 0 rings (SSSR count). The smallest absolute Gasteiger partial charge is 0.305 e. The van der Waals surface area contributed by atoms with Crippen LogP contribution in [0.2, 0.25) is 0 Å². The topological polar surface area (TPSA) is 95.9 Å². The van der Waals surface area contributed by atoms with Crippen molar-refractivity contribution in [1.29, 1.82) is 0 Å². The van der Waals surface area contributed by atoms with Gasteiger partial charge in [-0.3, -0.25) is 9.59 Å². The zero-order valence-corrected chi connectivity index (χ0v) is 53.6. The molecule has 0 saturated carbocycles. The van der Waals surface area contributed by atoms with Crippen LogP contribution in [-0.2, 0) is 14.3 Å². The number of nitrogens with one attached hydrogen (secondary N) is 1. The summed E-state index contributed by atoms with van der Waals surface area (Å²) in [6.07, 6.45) is 86.7. The average molecular weight is 1110 g/mol. The van der Waals surface area contributed by atoms with Gasteiger partial charge in [0.2, 0.25) is 5.91 Å². The molecule has 0 aliphatic carbocycles. The number of ether oxygens (including phenoxy) is 1. The first-order valence-electron chi connectivity index (χ1n) is 36.1. The van der Waals surface area contributed by atoms with Crippen LogP contribution in [-0.4, -0.2) is 47.4 Å². The number of hydrogen-bond donors (Lipinski definition) is 3. The van der Waals surface area contributed by atoms with Crippen molar-refractivity contribution in [3.63, 3.8) is 0 Å². The van der Waals surface area contributed by atoms with E-state index in [1.54, 1.807) is 0 Å². The third kappa shape index (κ3) is 65.4. The SMILES string of the molecule is CCCCCC/C=C\C/C=C\CCCCCCCCCC(=O)OCCCCCCCCCCCCCCCCCCCCCCCCCCCCCCCCCC(=O)NC(CO)C(O)CCCCCCCCCCCCCCC. The Bertz CT molecular complexity index is 1230. The third-order valence-electron chi connectivity index (χ3n) is 17.0. The third-order valence-corrected chi connectivity index (χ3v) is 17.0. The minimum Gasteiger partial charge on any atom is -0.466 e. The van der Waals surface area contributed by atoms with Crippen LogP contribution in [0.3, 0.4) is 0 Å². The molecule has 0 heterocycles. The van der Waals surface area contributed by atoms with Gasteiger partial charge in [0.1, 0.15) is 0 Å². The lowest BCUT2D eigenvalue weighted by Gasteiger charge is -2.22. The van der Waals surface area contributed by atoms with E-state index < -0.39 is 12.1 Å². The van der Waals surface area contributed by atoms with Crippen LogP contribution in [0.25, 0.3) is 0 Å². The fourth-order valence-corrected chi connectivity index (χ4v) is 11.5. The van der Waals surface area contributed by atoms with Gasteiger partial charge in [-0.05, 0) is 57.8 Å². The number of allylic oxidation sites excluding steroid dienone is 4. The van der Waals surface area contributed by atoms with Crippen molar-refractivity contribution in [2.24, 2.45) is 0 Å². The molecule has 1 amide bonds. The summed E-state index contributed by atoms with van der Waals surface area (Å²) in [5.41, 5.74) is 0. The number of amides is 1.